The molecule has 0 heterocycles. The summed E-state index contributed by atoms with van der Waals surface area (Å²) in [4.78, 5) is 0. The third-order valence-electron chi connectivity index (χ3n) is 13.8. The van der Waals surface area contributed by atoms with Gasteiger partial charge in [0.05, 0.1) is 0 Å². The molecule has 4 N–H and O–H groups in total. The molecule has 0 aromatic heterocycles. The van der Waals surface area contributed by atoms with Gasteiger partial charge in [0.2, 0.25) is 0 Å². The maximum atomic E-state index is 6.54. The summed E-state index contributed by atoms with van der Waals surface area (Å²) in [6.45, 7) is 4.11. The van der Waals surface area contributed by atoms with Crippen molar-refractivity contribution in [2.45, 2.75) is 13.8 Å². The molecule has 0 amide bonds. The van der Waals surface area contributed by atoms with Crippen molar-refractivity contribution in [2.24, 2.45) is 0 Å². The van der Waals surface area contributed by atoms with Crippen molar-refractivity contribution < 1.29 is 15.1 Å². The summed E-state index contributed by atoms with van der Waals surface area (Å²) in [5.74, 6) is 0. The summed E-state index contributed by atoms with van der Waals surface area (Å²) in [5, 5.41) is 16.9. The number of hydrogen-bond donors (Lipinski definition) is 2. The van der Waals surface area contributed by atoms with Crippen LogP contribution in [0.25, 0.3) is 43.8 Å². The Labute approximate surface area is 479 Å². The van der Waals surface area contributed by atoms with Gasteiger partial charge in [-0.05, 0) is 141 Å². The molecule has 12 aromatic carbocycles. The zero-order chi connectivity index (χ0) is 53.8. The van der Waals surface area contributed by atoms with Crippen LogP contribution in [0.4, 0.5) is 11.4 Å². The number of benzene rings is 12. The van der Waals surface area contributed by atoms with Crippen molar-refractivity contribution in [2.75, 3.05) is 11.5 Å². The molecule has 0 aliphatic rings. The second-order valence-electron chi connectivity index (χ2n) is 18.7. The maximum Gasteiger partial charge on any atom is -0.00100 e. The molecular formula is C70H57Cl2N2P3Ru. The number of hydrogen-bond acceptors (Lipinski definition) is 2. The van der Waals surface area contributed by atoms with E-state index in [-0.39, 0.29) is 15.1 Å². The summed E-state index contributed by atoms with van der Waals surface area (Å²) in [6, 6.07) is 104. The largest absolute Gasteiger partial charge is 0.0622 e. The Hall–Kier alpha value is -6.75. The van der Waals surface area contributed by atoms with Crippen LogP contribution in [-0.4, -0.2) is 0 Å². The van der Waals surface area contributed by atoms with E-state index in [0.717, 1.165) is 44.4 Å². The monoisotopic (exact) mass is 1190 g/mol. The minimum Gasteiger partial charge on any atom is -0.0622 e. The number of rotatable bonds is 11. The standard InChI is InChI=1S/C48H37P3.C22H20N2.2ClH.Ru/c1-7-22-38(23-8-1)49(39-24-9-2-10-25-39)45-35-20-19-34-44(45)48-46(50(40-26-11-3-12-27-40)41-28-13-4-14-29-41)36-21-37-47(48)51(42-30-15-5-16-31-42)43-32-17-6-18-33-43;1-13-11-15-7-3-5-9-17(15)19(21(13)23)20-18-10-6-4-8-16(18)12-14(2)22(20)24;;;/h1-37H;3-12H,23-24H2,1-2H3;2*1H;/q;;;;+2/p-2. The van der Waals surface area contributed by atoms with E-state index in [1.165, 1.54) is 69.6 Å². The summed E-state index contributed by atoms with van der Waals surface area (Å²) >= 11 is -0.346. The molecule has 8 heteroatoms. The number of nitrogen functional groups attached to an aromatic ring is 2. The molecule has 0 aliphatic heterocycles. The van der Waals surface area contributed by atoms with E-state index in [4.69, 9.17) is 30.8 Å². The van der Waals surface area contributed by atoms with Crippen LogP contribution in [0.2, 0.25) is 0 Å². The van der Waals surface area contributed by atoms with Crippen LogP contribution < -0.4 is 59.2 Å². The Kier molecular flexibility index (Phi) is 18.4. The van der Waals surface area contributed by atoms with E-state index in [9.17, 15) is 0 Å². The Morgan fingerprint density at radius 1 is 0.295 bits per heavy atom. The van der Waals surface area contributed by atoms with Gasteiger partial charge >= 0.3 is 34.5 Å². The molecule has 0 atom stereocenters. The number of fused-ring (bicyclic) bond motifs is 2. The normalized spacial score (nSPS) is 11.1. The Bertz CT molecular complexity index is 3600. The van der Waals surface area contributed by atoms with Crippen LogP contribution in [0.1, 0.15) is 11.1 Å². The van der Waals surface area contributed by atoms with E-state index < -0.39 is 23.8 Å². The van der Waals surface area contributed by atoms with E-state index >= 15 is 0 Å². The minimum absolute atomic E-state index is 0.346. The smallest absolute Gasteiger partial charge is 0.00100 e. The summed E-state index contributed by atoms with van der Waals surface area (Å²) < 4.78 is 0. The fourth-order valence-electron chi connectivity index (χ4n) is 10.3. The van der Waals surface area contributed by atoms with E-state index in [1.54, 1.807) is 0 Å². The van der Waals surface area contributed by atoms with Gasteiger partial charge in [-0.2, -0.15) is 0 Å². The molecule has 0 spiro atoms. The van der Waals surface area contributed by atoms with Crippen LogP contribution in [0, 0.1) is 13.8 Å². The van der Waals surface area contributed by atoms with Crippen molar-refractivity contribution in [3.05, 3.63) is 296 Å². The summed E-state index contributed by atoms with van der Waals surface area (Å²) in [6.07, 6.45) is 0. The van der Waals surface area contributed by atoms with Gasteiger partial charge in [-0.15, -0.1) is 0 Å². The van der Waals surface area contributed by atoms with Crippen molar-refractivity contribution in [1.29, 1.82) is 0 Å². The SMILES string of the molecule is Cc1cc2ccccc2c(-c2c(N)c(C)cc3ccccc23)c1N.[Cl][Ru][Cl].c1ccc(P(c2ccccc2)c2ccccc2-c2c(P(c3ccccc3)c3ccccc3)cccc2P(c2ccccc2)c2ccccc2)cc1. The molecule has 0 saturated carbocycles. The van der Waals surface area contributed by atoms with E-state index in [2.05, 4.69) is 299 Å². The van der Waals surface area contributed by atoms with Gasteiger partial charge < -0.3 is 11.5 Å². The van der Waals surface area contributed by atoms with Crippen LogP contribution >= 0.6 is 43.1 Å². The van der Waals surface area contributed by atoms with Gasteiger partial charge in [0, 0.05) is 22.5 Å². The fourth-order valence-corrected chi connectivity index (χ4v) is 17.9. The average molecular weight is 1190 g/mol. The van der Waals surface area contributed by atoms with Crippen molar-refractivity contribution >= 4 is 124 Å². The molecule has 0 saturated heterocycles. The topological polar surface area (TPSA) is 52.0 Å². The number of anilines is 2. The Morgan fingerprint density at radius 3 is 0.885 bits per heavy atom. The van der Waals surface area contributed by atoms with Gasteiger partial charge in [-0.25, -0.2) is 0 Å². The van der Waals surface area contributed by atoms with Crippen molar-refractivity contribution in [1.82, 2.24) is 0 Å². The van der Waals surface area contributed by atoms with E-state index in [0.29, 0.717) is 0 Å². The molecule has 0 bridgehead atoms. The van der Waals surface area contributed by atoms with E-state index in [1.807, 2.05) is 0 Å². The first-order chi connectivity index (χ1) is 38.4. The first-order valence-corrected chi connectivity index (χ1v) is 34.2. The number of aryl methyl sites for hydroxylation is 2. The quantitative estimate of drug-likeness (QED) is 0.0770. The van der Waals surface area contributed by atoms with Crippen molar-refractivity contribution in [3.63, 3.8) is 0 Å². The molecule has 0 aliphatic carbocycles. The Morgan fingerprint density at radius 2 is 0.551 bits per heavy atom. The molecule has 2 nitrogen and oxygen atoms in total. The van der Waals surface area contributed by atoms with Crippen LogP contribution in [0.15, 0.2) is 285 Å². The molecule has 0 radical (unpaired) electrons. The maximum absolute atomic E-state index is 6.54. The average Bonchev–Trinajstić information content (AvgIpc) is 3.68. The van der Waals surface area contributed by atoms with Gasteiger partial charge in [0.15, 0.2) is 0 Å². The van der Waals surface area contributed by atoms with Gasteiger partial charge in [-0.1, -0.05) is 273 Å². The number of halogens is 2. The van der Waals surface area contributed by atoms with Crippen molar-refractivity contribution in [3.8, 4) is 22.3 Å². The molecule has 384 valence electrons. The van der Waals surface area contributed by atoms with Gasteiger partial charge in [0.25, 0.3) is 0 Å². The molecular weight excluding hydrogens is 1130 g/mol. The molecule has 78 heavy (non-hydrogen) atoms. The summed E-state index contributed by atoms with van der Waals surface area (Å²) in [5.41, 5.74) is 21.6. The molecule has 12 aromatic rings. The second-order valence-corrected chi connectivity index (χ2v) is 27.9. The molecule has 0 unspecified atom stereocenters. The third-order valence-corrected chi connectivity index (χ3v) is 21.3. The minimum atomic E-state index is -0.892. The van der Waals surface area contributed by atoms with Crippen LogP contribution in [-0.2, 0) is 15.1 Å². The zero-order valence-corrected chi connectivity index (χ0v) is 49.2. The predicted molar refractivity (Wildman–Crippen MR) is 345 cm³/mol. The van der Waals surface area contributed by atoms with Crippen LogP contribution in [0.5, 0.6) is 0 Å². The summed E-state index contributed by atoms with van der Waals surface area (Å²) in [7, 11) is 7.07. The first-order valence-electron chi connectivity index (χ1n) is 25.7. The second kappa shape index (κ2) is 26.3. The predicted octanol–water partition coefficient (Wildman–Crippen LogP) is 15.4. The third kappa shape index (κ3) is 12.0. The first kappa shape index (κ1) is 54.6. The fraction of sp³-hybridized carbons (Fsp3) is 0.0286. The molecule has 0 fully saturated rings. The Balaban J connectivity index is 0.000000212. The zero-order valence-electron chi connectivity index (χ0n) is 43.2. The van der Waals surface area contributed by atoms with Crippen LogP contribution in [0.3, 0.4) is 0 Å². The van der Waals surface area contributed by atoms with Gasteiger partial charge in [-0.3, -0.25) is 0 Å². The molecule has 12 rings (SSSR count). The van der Waals surface area contributed by atoms with Gasteiger partial charge in [0.1, 0.15) is 0 Å². The number of nitrogens with two attached hydrogens (primary N) is 2.